The van der Waals surface area contributed by atoms with E-state index < -0.39 is 5.97 Å². The number of anilines is 2. The Morgan fingerprint density at radius 3 is 2.62 bits per heavy atom. The summed E-state index contributed by atoms with van der Waals surface area (Å²) in [7, 11) is 0. The lowest BCUT2D eigenvalue weighted by Crippen LogP contribution is -2.02. The minimum atomic E-state index is -0.986. The number of carboxylic acids is 1. The zero-order valence-electron chi connectivity index (χ0n) is 13.1. The van der Waals surface area contributed by atoms with Crippen LogP contribution in [-0.4, -0.2) is 16.1 Å². The van der Waals surface area contributed by atoms with Crippen LogP contribution < -0.4 is 5.32 Å². The Kier molecular flexibility index (Phi) is 4.13. The molecular weight excluding hydrogens is 302 g/mol. The number of carboxylic acid groups (broad SMARTS) is 1. The van der Waals surface area contributed by atoms with Crippen LogP contribution in [0.4, 0.5) is 11.5 Å². The number of pyridine rings is 1. The highest BCUT2D eigenvalue weighted by Crippen LogP contribution is 2.24. The molecule has 118 valence electrons. The van der Waals surface area contributed by atoms with Crippen molar-refractivity contribution < 1.29 is 9.90 Å². The van der Waals surface area contributed by atoms with Crippen molar-refractivity contribution in [1.82, 2.24) is 4.98 Å². The van der Waals surface area contributed by atoms with Crippen LogP contribution in [0, 0.1) is 18.3 Å². The molecule has 2 N–H and O–H groups in total. The summed E-state index contributed by atoms with van der Waals surface area (Å²) in [6.07, 6.45) is 0.358. The fourth-order valence-electron chi connectivity index (χ4n) is 2.53. The number of aryl methyl sites for hydroxylation is 1. The fraction of sp³-hybridized carbons (Fsp3) is 0.105. The van der Waals surface area contributed by atoms with E-state index in [0.29, 0.717) is 23.1 Å². The molecule has 0 spiro atoms. The highest BCUT2D eigenvalue weighted by molar-refractivity contribution is 6.03. The second-order valence-electron chi connectivity index (χ2n) is 5.54. The lowest BCUT2D eigenvalue weighted by molar-refractivity contribution is 0.0699. The number of fused-ring (bicyclic) bond motifs is 1. The maximum absolute atomic E-state index is 11.6. The van der Waals surface area contributed by atoms with Gasteiger partial charge in [0.25, 0.3) is 0 Å². The van der Waals surface area contributed by atoms with Gasteiger partial charge in [-0.15, -0.1) is 0 Å². The first-order valence-corrected chi connectivity index (χ1v) is 7.44. The van der Waals surface area contributed by atoms with Gasteiger partial charge < -0.3 is 10.4 Å². The molecule has 0 aliphatic carbocycles. The quantitative estimate of drug-likeness (QED) is 0.758. The number of hydrogen-bond acceptors (Lipinski definition) is 4. The fourth-order valence-corrected chi connectivity index (χ4v) is 2.53. The van der Waals surface area contributed by atoms with Crippen molar-refractivity contribution in [3.05, 3.63) is 65.2 Å². The van der Waals surface area contributed by atoms with Crippen LogP contribution in [0.15, 0.2) is 48.5 Å². The van der Waals surface area contributed by atoms with Crippen molar-refractivity contribution in [3.8, 4) is 6.07 Å². The van der Waals surface area contributed by atoms with Gasteiger partial charge in [0, 0.05) is 11.1 Å². The standard InChI is InChI=1S/C19H15N3O2/c1-12-2-7-17-15(10-12)16(19(23)24)11-18(22-17)21-14-5-3-13(4-6-14)8-9-20/h2-7,10-11H,8H2,1H3,(H,21,22)(H,23,24). The Morgan fingerprint density at radius 2 is 1.96 bits per heavy atom. The molecule has 1 heterocycles. The van der Waals surface area contributed by atoms with Crippen molar-refractivity contribution in [2.24, 2.45) is 0 Å². The number of carbonyl (C=O) groups is 1. The highest BCUT2D eigenvalue weighted by atomic mass is 16.4. The largest absolute Gasteiger partial charge is 0.478 e. The Labute approximate surface area is 139 Å². The normalized spacial score (nSPS) is 10.3. The summed E-state index contributed by atoms with van der Waals surface area (Å²) in [5, 5.41) is 21.9. The average Bonchev–Trinajstić information content (AvgIpc) is 2.56. The molecular formula is C19H15N3O2. The van der Waals surface area contributed by atoms with Gasteiger partial charge >= 0.3 is 5.97 Å². The van der Waals surface area contributed by atoms with Crippen molar-refractivity contribution >= 4 is 28.4 Å². The molecule has 24 heavy (non-hydrogen) atoms. The van der Waals surface area contributed by atoms with Gasteiger partial charge in [-0.3, -0.25) is 0 Å². The van der Waals surface area contributed by atoms with Crippen molar-refractivity contribution in [2.45, 2.75) is 13.3 Å². The van der Waals surface area contributed by atoms with E-state index in [9.17, 15) is 9.90 Å². The number of aromatic carboxylic acids is 1. The van der Waals surface area contributed by atoms with Gasteiger partial charge in [-0.25, -0.2) is 9.78 Å². The number of nitrogens with zero attached hydrogens (tertiary/aromatic N) is 2. The van der Waals surface area contributed by atoms with Crippen molar-refractivity contribution in [1.29, 1.82) is 5.26 Å². The van der Waals surface area contributed by atoms with Gasteiger partial charge in [-0.2, -0.15) is 5.26 Å². The molecule has 1 aromatic heterocycles. The molecule has 0 aliphatic heterocycles. The van der Waals surface area contributed by atoms with Crippen LogP contribution in [0.3, 0.4) is 0 Å². The molecule has 2 aromatic carbocycles. The van der Waals surface area contributed by atoms with E-state index in [0.717, 1.165) is 16.8 Å². The van der Waals surface area contributed by atoms with E-state index in [4.69, 9.17) is 5.26 Å². The zero-order valence-corrected chi connectivity index (χ0v) is 13.1. The number of rotatable bonds is 4. The van der Waals surface area contributed by atoms with Crippen LogP contribution in [0.25, 0.3) is 10.9 Å². The lowest BCUT2D eigenvalue weighted by Gasteiger charge is -2.10. The molecule has 0 saturated heterocycles. The van der Waals surface area contributed by atoms with Gasteiger partial charge in [0.2, 0.25) is 0 Å². The smallest absolute Gasteiger partial charge is 0.336 e. The molecule has 0 saturated carbocycles. The highest BCUT2D eigenvalue weighted by Gasteiger charge is 2.12. The third kappa shape index (κ3) is 3.18. The second-order valence-corrected chi connectivity index (χ2v) is 5.54. The number of benzene rings is 2. The SMILES string of the molecule is Cc1ccc2nc(Nc3ccc(CC#N)cc3)cc(C(=O)O)c2c1. The predicted molar refractivity (Wildman–Crippen MR) is 92.5 cm³/mol. The van der Waals surface area contributed by atoms with Crippen molar-refractivity contribution in [3.63, 3.8) is 0 Å². The Bertz CT molecular complexity index is 957. The molecule has 0 radical (unpaired) electrons. The van der Waals surface area contributed by atoms with E-state index in [1.807, 2.05) is 49.4 Å². The number of nitrogens with one attached hydrogen (secondary N) is 1. The lowest BCUT2D eigenvalue weighted by atomic mass is 10.1. The van der Waals surface area contributed by atoms with Gasteiger partial charge in [0.15, 0.2) is 0 Å². The summed E-state index contributed by atoms with van der Waals surface area (Å²) in [6, 6.07) is 16.6. The molecule has 0 aliphatic rings. The number of nitriles is 1. The second kappa shape index (κ2) is 6.39. The first kappa shape index (κ1) is 15.5. The average molecular weight is 317 g/mol. The molecule has 5 heteroatoms. The zero-order chi connectivity index (χ0) is 17.1. The third-order valence-electron chi connectivity index (χ3n) is 3.70. The molecule has 0 unspecified atom stereocenters. The summed E-state index contributed by atoms with van der Waals surface area (Å²) < 4.78 is 0. The summed E-state index contributed by atoms with van der Waals surface area (Å²) >= 11 is 0. The Hall–Kier alpha value is -3.39. The maximum atomic E-state index is 11.6. The van der Waals surface area contributed by atoms with E-state index in [1.165, 1.54) is 6.07 Å². The minimum absolute atomic E-state index is 0.215. The molecule has 3 rings (SSSR count). The monoisotopic (exact) mass is 317 g/mol. The molecule has 5 nitrogen and oxygen atoms in total. The minimum Gasteiger partial charge on any atom is -0.478 e. The summed E-state index contributed by atoms with van der Waals surface area (Å²) in [5.74, 6) is -0.516. The van der Waals surface area contributed by atoms with Crippen molar-refractivity contribution in [2.75, 3.05) is 5.32 Å². The maximum Gasteiger partial charge on any atom is 0.336 e. The van der Waals surface area contributed by atoms with Gasteiger partial charge in [-0.1, -0.05) is 23.8 Å². The summed E-state index contributed by atoms with van der Waals surface area (Å²) in [6.45, 7) is 1.92. The number of hydrogen-bond donors (Lipinski definition) is 2. The number of aromatic nitrogens is 1. The Balaban J connectivity index is 1.99. The van der Waals surface area contributed by atoms with Crippen LogP contribution >= 0.6 is 0 Å². The molecule has 3 aromatic rings. The summed E-state index contributed by atoms with van der Waals surface area (Å²) in [5.41, 5.74) is 3.54. The van der Waals surface area contributed by atoms with E-state index in [-0.39, 0.29) is 5.56 Å². The van der Waals surface area contributed by atoms with Gasteiger partial charge in [-0.05, 0) is 42.8 Å². The van der Waals surface area contributed by atoms with E-state index in [1.54, 1.807) is 0 Å². The van der Waals surface area contributed by atoms with Crippen LogP contribution in [-0.2, 0) is 6.42 Å². The van der Waals surface area contributed by atoms with Gasteiger partial charge in [0.05, 0.1) is 23.6 Å². The third-order valence-corrected chi connectivity index (χ3v) is 3.70. The first-order valence-electron chi connectivity index (χ1n) is 7.44. The molecule has 0 bridgehead atoms. The molecule has 0 fully saturated rings. The predicted octanol–water partition coefficient (Wildman–Crippen LogP) is 4.05. The van der Waals surface area contributed by atoms with Crippen LogP contribution in [0.2, 0.25) is 0 Å². The molecule has 0 amide bonds. The first-order chi connectivity index (χ1) is 11.6. The van der Waals surface area contributed by atoms with Gasteiger partial charge in [0.1, 0.15) is 5.82 Å². The van der Waals surface area contributed by atoms with Crippen LogP contribution in [0.5, 0.6) is 0 Å². The van der Waals surface area contributed by atoms with E-state index >= 15 is 0 Å². The van der Waals surface area contributed by atoms with E-state index in [2.05, 4.69) is 16.4 Å². The Morgan fingerprint density at radius 1 is 1.21 bits per heavy atom. The summed E-state index contributed by atoms with van der Waals surface area (Å²) in [4.78, 5) is 16.0. The molecule has 0 atom stereocenters. The van der Waals surface area contributed by atoms with Crippen LogP contribution in [0.1, 0.15) is 21.5 Å². The topological polar surface area (TPSA) is 86.0 Å².